The maximum Gasteiger partial charge on any atom is 0.199 e. The summed E-state index contributed by atoms with van der Waals surface area (Å²) in [7, 11) is 0. The molecule has 108 valence electrons. The Labute approximate surface area is 121 Å². The van der Waals surface area contributed by atoms with Gasteiger partial charge < -0.3 is 4.42 Å². The summed E-state index contributed by atoms with van der Waals surface area (Å²) in [6.07, 6.45) is 1.86. The van der Waals surface area contributed by atoms with Crippen molar-refractivity contribution in [1.29, 1.82) is 0 Å². The van der Waals surface area contributed by atoms with Crippen LogP contribution in [0.5, 0.6) is 0 Å². The molecular weight excluding hydrogens is 268 g/mol. The lowest BCUT2D eigenvalue weighted by Crippen LogP contribution is -2.05. The fraction of sp³-hybridized carbons (Fsp3) is 0.333. The molecule has 3 aromatic heterocycles. The Bertz CT molecular complexity index is 787. The van der Waals surface area contributed by atoms with Crippen LogP contribution in [0.3, 0.4) is 0 Å². The molecule has 6 heteroatoms. The van der Waals surface area contributed by atoms with Crippen LogP contribution in [0.1, 0.15) is 38.2 Å². The highest BCUT2D eigenvalue weighted by Crippen LogP contribution is 2.21. The molecule has 0 aliphatic heterocycles. The van der Waals surface area contributed by atoms with Crippen LogP contribution >= 0.6 is 0 Å². The highest BCUT2D eigenvalue weighted by Gasteiger charge is 2.16. The number of rotatable bonds is 4. The second kappa shape index (κ2) is 5.12. The molecule has 3 heterocycles. The summed E-state index contributed by atoms with van der Waals surface area (Å²) >= 11 is 0. The molecule has 0 fully saturated rings. The minimum atomic E-state index is 0.0563. The van der Waals surface area contributed by atoms with E-state index in [1.54, 1.807) is 29.8 Å². The largest absolute Gasteiger partial charge is 0.461 e. The highest BCUT2D eigenvalue weighted by atomic mass is 16.3. The molecule has 0 aliphatic rings. The maximum absolute atomic E-state index is 11.4. The molecule has 21 heavy (non-hydrogen) atoms. The summed E-state index contributed by atoms with van der Waals surface area (Å²) < 4.78 is 7.09. The first kappa shape index (κ1) is 13.5. The zero-order valence-corrected chi connectivity index (χ0v) is 12.2. The van der Waals surface area contributed by atoms with E-state index in [2.05, 4.69) is 15.1 Å². The number of carbonyl (C=O) groups is 1. The lowest BCUT2D eigenvalue weighted by molar-refractivity contribution is -0.116. The van der Waals surface area contributed by atoms with Gasteiger partial charge in [0.2, 0.25) is 0 Å². The van der Waals surface area contributed by atoms with Crippen molar-refractivity contribution in [2.24, 2.45) is 0 Å². The molecule has 0 radical (unpaired) electrons. The number of ketones is 1. The van der Waals surface area contributed by atoms with Crippen molar-refractivity contribution in [3.05, 3.63) is 36.0 Å². The van der Waals surface area contributed by atoms with Crippen molar-refractivity contribution in [3.8, 4) is 11.6 Å². The number of Topliss-reactive ketones (excluding diaryl/α,β-unsaturated/α-hetero) is 1. The van der Waals surface area contributed by atoms with Crippen LogP contribution < -0.4 is 0 Å². The van der Waals surface area contributed by atoms with Crippen molar-refractivity contribution >= 4 is 11.4 Å². The number of hydrogen-bond acceptors (Lipinski definition) is 5. The van der Waals surface area contributed by atoms with Gasteiger partial charge in [-0.25, -0.2) is 9.97 Å². The van der Waals surface area contributed by atoms with Gasteiger partial charge in [0.05, 0.1) is 12.0 Å². The second-order valence-corrected chi connectivity index (χ2v) is 5.32. The summed E-state index contributed by atoms with van der Waals surface area (Å²) in [5.41, 5.74) is 1.35. The van der Waals surface area contributed by atoms with Gasteiger partial charge in [-0.15, -0.1) is 5.10 Å². The van der Waals surface area contributed by atoms with E-state index in [9.17, 15) is 4.79 Å². The monoisotopic (exact) mass is 284 g/mol. The van der Waals surface area contributed by atoms with Crippen LogP contribution in [0.25, 0.3) is 17.2 Å². The van der Waals surface area contributed by atoms with E-state index in [0.717, 1.165) is 5.82 Å². The Balaban J connectivity index is 2.23. The predicted octanol–water partition coefficient (Wildman–Crippen LogP) is 2.64. The van der Waals surface area contributed by atoms with E-state index in [1.165, 1.54) is 0 Å². The fourth-order valence-electron chi connectivity index (χ4n) is 2.11. The summed E-state index contributed by atoms with van der Waals surface area (Å²) in [6, 6.07) is 5.41. The van der Waals surface area contributed by atoms with Crippen molar-refractivity contribution in [2.45, 2.75) is 33.1 Å². The van der Waals surface area contributed by atoms with Crippen LogP contribution in [0.2, 0.25) is 0 Å². The normalized spacial score (nSPS) is 11.4. The molecule has 0 atom stereocenters. The van der Waals surface area contributed by atoms with Gasteiger partial charge in [-0.05, 0) is 19.1 Å². The van der Waals surface area contributed by atoms with E-state index in [4.69, 9.17) is 4.42 Å². The molecule has 3 rings (SSSR count). The average molecular weight is 284 g/mol. The van der Waals surface area contributed by atoms with Gasteiger partial charge >= 0.3 is 0 Å². The molecular formula is C15H16N4O2. The van der Waals surface area contributed by atoms with Crippen LogP contribution in [-0.2, 0) is 11.2 Å². The molecule has 0 spiro atoms. The average Bonchev–Trinajstić information content (AvgIpc) is 3.06. The Morgan fingerprint density at radius 1 is 1.38 bits per heavy atom. The summed E-state index contributed by atoms with van der Waals surface area (Å²) in [4.78, 5) is 20.4. The van der Waals surface area contributed by atoms with Gasteiger partial charge in [0.15, 0.2) is 23.1 Å². The van der Waals surface area contributed by atoms with Crippen molar-refractivity contribution in [1.82, 2.24) is 19.6 Å². The number of fused-ring (bicyclic) bond motifs is 1. The van der Waals surface area contributed by atoms with E-state index < -0.39 is 0 Å². The number of hydrogen-bond donors (Lipinski definition) is 0. The number of furan rings is 1. The van der Waals surface area contributed by atoms with Gasteiger partial charge in [0, 0.05) is 18.4 Å². The number of carbonyl (C=O) groups excluding carboxylic acids is 1. The molecule has 0 bridgehead atoms. The Morgan fingerprint density at radius 2 is 2.19 bits per heavy atom. The minimum Gasteiger partial charge on any atom is -0.461 e. The van der Waals surface area contributed by atoms with Crippen LogP contribution in [0, 0.1) is 0 Å². The Morgan fingerprint density at radius 3 is 2.81 bits per heavy atom. The molecule has 0 aromatic carbocycles. The Hall–Kier alpha value is -2.50. The van der Waals surface area contributed by atoms with E-state index in [-0.39, 0.29) is 18.1 Å². The standard InChI is InChI=1S/C15H16N4O2/c1-9(2)14-17-13-8-11(7-10(3)20)16-15(19(13)18-14)12-5-4-6-21-12/h4-6,8-9H,7H2,1-3H3. The molecule has 0 unspecified atom stereocenters. The van der Waals surface area contributed by atoms with Crippen LogP contribution in [0.4, 0.5) is 0 Å². The summed E-state index contributed by atoms with van der Waals surface area (Å²) in [5, 5.41) is 4.49. The zero-order valence-electron chi connectivity index (χ0n) is 12.2. The van der Waals surface area contributed by atoms with E-state index in [1.807, 2.05) is 19.9 Å². The molecule has 0 saturated carbocycles. The first-order valence-electron chi connectivity index (χ1n) is 6.84. The predicted molar refractivity (Wildman–Crippen MR) is 77.0 cm³/mol. The highest BCUT2D eigenvalue weighted by molar-refractivity contribution is 5.78. The number of aromatic nitrogens is 4. The number of nitrogens with zero attached hydrogens (tertiary/aromatic N) is 4. The topological polar surface area (TPSA) is 73.3 Å². The summed E-state index contributed by atoms with van der Waals surface area (Å²) in [5.74, 6) is 2.18. The van der Waals surface area contributed by atoms with Gasteiger partial charge in [0.1, 0.15) is 5.78 Å². The molecule has 0 amide bonds. The zero-order chi connectivity index (χ0) is 15.0. The first-order chi connectivity index (χ1) is 10.0. The van der Waals surface area contributed by atoms with E-state index in [0.29, 0.717) is 22.9 Å². The molecule has 3 aromatic rings. The minimum absolute atomic E-state index is 0.0563. The SMILES string of the molecule is CC(=O)Cc1cc2nc(C(C)C)nn2c(-c2ccco2)n1. The van der Waals surface area contributed by atoms with Crippen molar-refractivity contribution in [3.63, 3.8) is 0 Å². The van der Waals surface area contributed by atoms with Gasteiger partial charge in [-0.3, -0.25) is 4.79 Å². The quantitative estimate of drug-likeness (QED) is 0.736. The lowest BCUT2D eigenvalue weighted by Gasteiger charge is -2.03. The van der Waals surface area contributed by atoms with Crippen molar-refractivity contribution in [2.75, 3.05) is 0 Å². The second-order valence-electron chi connectivity index (χ2n) is 5.32. The van der Waals surface area contributed by atoms with Gasteiger partial charge in [-0.2, -0.15) is 4.52 Å². The molecule has 0 N–H and O–H groups in total. The van der Waals surface area contributed by atoms with Gasteiger partial charge in [-0.1, -0.05) is 13.8 Å². The summed E-state index contributed by atoms with van der Waals surface area (Å²) in [6.45, 7) is 5.61. The third-order valence-electron chi connectivity index (χ3n) is 3.08. The Kier molecular flexibility index (Phi) is 3.29. The first-order valence-corrected chi connectivity index (χ1v) is 6.84. The smallest absolute Gasteiger partial charge is 0.199 e. The molecule has 0 saturated heterocycles. The van der Waals surface area contributed by atoms with Crippen LogP contribution in [0.15, 0.2) is 28.9 Å². The van der Waals surface area contributed by atoms with Crippen LogP contribution in [-0.4, -0.2) is 25.4 Å². The third kappa shape index (κ3) is 2.56. The third-order valence-corrected chi connectivity index (χ3v) is 3.08. The fourth-order valence-corrected chi connectivity index (χ4v) is 2.11. The molecule has 0 aliphatic carbocycles. The van der Waals surface area contributed by atoms with Crippen molar-refractivity contribution < 1.29 is 9.21 Å². The lowest BCUT2D eigenvalue weighted by atomic mass is 10.2. The van der Waals surface area contributed by atoms with Gasteiger partial charge in [0.25, 0.3) is 0 Å². The maximum atomic E-state index is 11.4. The van der Waals surface area contributed by atoms with E-state index >= 15 is 0 Å². The molecule has 6 nitrogen and oxygen atoms in total.